The number of anilines is 1. The summed E-state index contributed by atoms with van der Waals surface area (Å²) >= 11 is 0. The Balaban J connectivity index is 2.05. The lowest BCUT2D eigenvalue weighted by Gasteiger charge is -2.29. The van der Waals surface area contributed by atoms with Crippen molar-refractivity contribution < 1.29 is 4.42 Å². The number of aryl methyl sites for hydroxylation is 1. The van der Waals surface area contributed by atoms with Gasteiger partial charge in [0, 0.05) is 23.6 Å². The third-order valence-electron chi connectivity index (χ3n) is 4.69. The second-order valence-electron chi connectivity index (χ2n) is 6.07. The van der Waals surface area contributed by atoms with Gasteiger partial charge >= 0.3 is 0 Å². The predicted molar refractivity (Wildman–Crippen MR) is 73.7 cm³/mol. The van der Waals surface area contributed by atoms with Crippen LogP contribution in [0.15, 0.2) is 4.42 Å². The molecule has 2 aliphatic carbocycles. The molecule has 1 aromatic heterocycles. The predicted octanol–water partition coefficient (Wildman–Crippen LogP) is 3.46. The van der Waals surface area contributed by atoms with E-state index in [1.807, 2.05) is 0 Å². The average Bonchev–Trinajstić information content (AvgIpc) is 2.93. The molecule has 0 aliphatic heterocycles. The van der Waals surface area contributed by atoms with Crippen LogP contribution in [0.5, 0.6) is 0 Å². The first-order valence-electron chi connectivity index (χ1n) is 7.26. The third kappa shape index (κ3) is 1.85. The average molecular weight is 248 g/mol. The Kier molecular flexibility index (Phi) is 3.10. The lowest BCUT2D eigenvalue weighted by Crippen LogP contribution is -2.24. The number of nitrogens with two attached hydrogens (primary N) is 1. The molecule has 0 amide bonds. The molecule has 0 spiro atoms. The maximum atomic E-state index is 6.18. The molecule has 1 saturated carbocycles. The zero-order valence-corrected chi connectivity index (χ0v) is 11.5. The summed E-state index contributed by atoms with van der Waals surface area (Å²) in [7, 11) is 4.34. The molecule has 1 aromatic rings. The fourth-order valence-corrected chi connectivity index (χ4v) is 3.83. The smallest absolute Gasteiger partial charge is 0.194 e. The summed E-state index contributed by atoms with van der Waals surface area (Å²) in [5.74, 6) is 2.53. The summed E-state index contributed by atoms with van der Waals surface area (Å²) in [4.78, 5) is 2.32. The summed E-state index contributed by atoms with van der Waals surface area (Å²) in [6, 6.07) is 0.505. The van der Waals surface area contributed by atoms with E-state index in [9.17, 15) is 0 Å². The van der Waals surface area contributed by atoms with Crippen molar-refractivity contribution in [1.29, 1.82) is 0 Å². The van der Waals surface area contributed by atoms with Gasteiger partial charge in [-0.1, -0.05) is 12.8 Å². The second-order valence-corrected chi connectivity index (χ2v) is 6.07. The van der Waals surface area contributed by atoms with Gasteiger partial charge in [-0.05, 0) is 45.7 Å². The molecule has 3 heteroatoms. The highest BCUT2D eigenvalue weighted by atomic mass is 16.4. The summed E-state index contributed by atoms with van der Waals surface area (Å²) in [6.45, 7) is 0. The van der Waals surface area contributed by atoms with Crippen LogP contribution in [0, 0.1) is 0 Å². The summed E-state index contributed by atoms with van der Waals surface area (Å²) < 4.78 is 5.88. The molecule has 2 N–H and O–H groups in total. The zero-order chi connectivity index (χ0) is 12.7. The normalized spacial score (nSPS) is 24.7. The van der Waals surface area contributed by atoms with Gasteiger partial charge in [0.15, 0.2) is 5.88 Å². The molecular weight excluding hydrogens is 224 g/mol. The Hall–Kier alpha value is -0.960. The molecule has 0 radical (unpaired) electrons. The van der Waals surface area contributed by atoms with Crippen LogP contribution in [0.1, 0.15) is 67.4 Å². The van der Waals surface area contributed by atoms with Gasteiger partial charge in [-0.15, -0.1) is 0 Å². The molecule has 0 bridgehead atoms. The van der Waals surface area contributed by atoms with Crippen molar-refractivity contribution in [3.05, 3.63) is 16.9 Å². The largest absolute Gasteiger partial charge is 0.445 e. The van der Waals surface area contributed by atoms with E-state index in [0.29, 0.717) is 17.8 Å². The molecule has 3 rings (SSSR count). The highest BCUT2D eigenvalue weighted by Crippen LogP contribution is 2.47. The lowest BCUT2D eigenvalue weighted by molar-refractivity contribution is 0.259. The maximum Gasteiger partial charge on any atom is 0.194 e. The summed E-state index contributed by atoms with van der Waals surface area (Å²) in [6.07, 6.45) is 8.78. The number of hydrogen-bond donors (Lipinski definition) is 1. The standard InChI is InChI=1S/C15H24N2O/c1-17(2)11-8-5-9-12-14(11)13(15(16)18-12)10-6-3-4-7-10/h10-11H,3-9,16H2,1-2H3. The van der Waals surface area contributed by atoms with Crippen molar-refractivity contribution in [2.24, 2.45) is 0 Å². The fraction of sp³-hybridized carbons (Fsp3) is 0.733. The summed E-state index contributed by atoms with van der Waals surface area (Å²) in [5, 5.41) is 0. The fourth-order valence-electron chi connectivity index (χ4n) is 3.83. The second kappa shape index (κ2) is 4.61. The number of nitrogens with zero attached hydrogens (tertiary/aromatic N) is 1. The first-order valence-corrected chi connectivity index (χ1v) is 7.26. The molecule has 3 nitrogen and oxygen atoms in total. The van der Waals surface area contributed by atoms with Gasteiger partial charge < -0.3 is 15.1 Å². The van der Waals surface area contributed by atoms with Gasteiger partial charge in [-0.25, -0.2) is 0 Å². The Morgan fingerprint density at radius 3 is 2.44 bits per heavy atom. The number of hydrogen-bond acceptors (Lipinski definition) is 3. The van der Waals surface area contributed by atoms with E-state index in [1.54, 1.807) is 0 Å². The minimum Gasteiger partial charge on any atom is -0.445 e. The molecule has 1 fully saturated rings. The first kappa shape index (κ1) is 12.1. The molecule has 1 atom stereocenters. The molecule has 1 heterocycles. The van der Waals surface area contributed by atoms with E-state index in [4.69, 9.17) is 10.2 Å². The number of nitrogen functional groups attached to an aromatic ring is 1. The van der Waals surface area contributed by atoms with Gasteiger partial charge in [0.25, 0.3) is 0 Å². The van der Waals surface area contributed by atoms with Gasteiger partial charge in [0.05, 0.1) is 0 Å². The lowest BCUT2D eigenvalue weighted by atomic mass is 9.84. The van der Waals surface area contributed by atoms with E-state index in [1.165, 1.54) is 55.4 Å². The minimum absolute atomic E-state index is 0.505. The van der Waals surface area contributed by atoms with Crippen LogP contribution in [-0.2, 0) is 6.42 Å². The molecule has 0 saturated heterocycles. The summed E-state index contributed by atoms with van der Waals surface area (Å²) in [5.41, 5.74) is 8.98. The van der Waals surface area contributed by atoms with Gasteiger partial charge in [0.1, 0.15) is 5.76 Å². The van der Waals surface area contributed by atoms with Crippen molar-refractivity contribution in [1.82, 2.24) is 4.90 Å². The Morgan fingerprint density at radius 1 is 1.06 bits per heavy atom. The molecular formula is C15H24N2O. The Morgan fingerprint density at radius 2 is 1.78 bits per heavy atom. The highest BCUT2D eigenvalue weighted by Gasteiger charge is 2.34. The van der Waals surface area contributed by atoms with Crippen molar-refractivity contribution in [3.8, 4) is 0 Å². The van der Waals surface area contributed by atoms with Crippen LogP contribution in [0.25, 0.3) is 0 Å². The van der Waals surface area contributed by atoms with Crippen molar-refractivity contribution in [2.45, 2.75) is 56.9 Å². The zero-order valence-electron chi connectivity index (χ0n) is 11.5. The van der Waals surface area contributed by atoms with Crippen molar-refractivity contribution in [3.63, 3.8) is 0 Å². The third-order valence-corrected chi connectivity index (χ3v) is 4.69. The molecule has 1 unspecified atom stereocenters. The van der Waals surface area contributed by atoms with E-state index in [-0.39, 0.29) is 0 Å². The quantitative estimate of drug-likeness (QED) is 0.871. The topological polar surface area (TPSA) is 42.4 Å². The SMILES string of the molecule is CN(C)C1CCCc2oc(N)c(C3CCCC3)c21. The van der Waals surface area contributed by atoms with Crippen LogP contribution < -0.4 is 5.73 Å². The van der Waals surface area contributed by atoms with E-state index < -0.39 is 0 Å². The molecule has 0 aromatic carbocycles. The van der Waals surface area contributed by atoms with E-state index in [0.717, 1.165) is 6.42 Å². The maximum absolute atomic E-state index is 6.18. The molecule has 2 aliphatic rings. The number of furan rings is 1. The molecule has 100 valence electrons. The van der Waals surface area contributed by atoms with Crippen LogP contribution >= 0.6 is 0 Å². The number of rotatable bonds is 2. The van der Waals surface area contributed by atoms with Crippen LogP contribution in [-0.4, -0.2) is 19.0 Å². The molecule has 18 heavy (non-hydrogen) atoms. The monoisotopic (exact) mass is 248 g/mol. The van der Waals surface area contributed by atoms with Gasteiger partial charge in [0.2, 0.25) is 0 Å². The van der Waals surface area contributed by atoms with Crippen molar-refractivity contribution >= 4 is 5.88 Å². The van der Waals surface area contributed by atoms with Gasteiger partial charge in [-0.3, -0.25) is 0 Å². The van der Waals surface area contributed by atoms with E-state index >= 15 is 0 Å². The first-order chi connectivity index (χ1) is 8.68. The Labute approximate surface area is 109 Å². The van der Waals surface area contributed by atoms with E-state index in [2.05, 4.69) is 19.0 Å². The minimum atomic E-state index is 0.505. The van der Waals surface area contributed by atoms with Crippen molar-refractivity contribution in [2.75, 3.05) is 19.8 Å². The van der Waals surface area contributed by atoms with Crippen LogP contribution in [0.3, 0.4) is 0 Å². The highest BCUT2D eigenvalue weighted by molar-refractivity contribution is 5.51. The van der Waals surface area contributed by atoms with Gasteiger partial charge in [-0.2, -0.15) is 0 Å². The van der Waals surface area contributed by atoms with Crippen LogP contribution in [0.4, 0.5) is 5.88 Å². The number of fused-ring (bicyclic) bond motifs is 1. The van der Waals surface area contributed by atoms with Crippen LogP contribution in [0.2, 0.25) is 0 Å². The Bertz CT molecular complexity index is 430.